The molecule has 0 spiro atoms. The van der Waals surface area contributed by atoms with Crippen molar-refractivity contribution in [1.29, 1.82) is 0 Å². The fourth-order valence-electron chi connectivity index (χ4n) is 4.13. The molecule has 2 aromatic heterocycles. The van der Waals surface area contributed by atoms with Gasteiger partial charge in [0.1, 0.15) is 0 Å². The zero-order chi connectivity index (χ0) is 19.0. The van der Waals surface area contributed by atoms with E-state index in [1.54, 1.807) is 0 Å². The van der Waals surface area contributed by atoms with E-state index in [1.807, 2.05) is 41.5 Å². The maximum Gasteiger partial charge on any atom is 0.222 e. The molecule has 3 aromatic rings. The molecule has 0 unspecified atom stereocenters. The Morgan fingerprint density at radius 1 is 1.04 bits per heavy atom. The van der Waals surface area contributed by atoms with Crippen molar-refractivity contribution in [2.24, 2.45) is 0 Å². The topological polar surface area (TPSA) is 50.5 Å². The normalized spacial score (nSPS) is 14.3. The Labute approximate surface area is 160 Å². The first-order valence-corrected chi connectivity index (χ1v) is 9.75. The Hall–Kier alpha value is -2.69. The van der Waals surface area contributed by atoms with E-state index in [4.69, 9.17) is 10.1 Å². The summed E-state index contributed by atoms with van der Waals surface area (Å²) in [6.07, 6.45) is 3.52. The van der Waals surface area contributed by atoms with Gasteiger partial charge in [-0.05, 0) is 51.2 Å². The summed E-state index contributed by atoms with van der Waals surface area (Å²) in [5, 5.41) is 4.75. The smallest absolute Gasteiger partial charge is 0.222 e. The van der Waals surface area contributed by atoms with Gasteiger partial charge < -0.3 is 4.90 Å². The standard InChI is InChI=1S/C22H26N4O/c1-15-19(11-12-20(27)25-13-7-8-14-25)17(3)26-22(23-15)21(16(2)24-26)18-9-5-4-6-10-18/h4-6,9-10H,7-8,11-14H2,1-3H3. The number of hydrogen-bond acceptors (Lipinski definition) is 3. The predicted molar refractivity (Wildman–Crippen MR) is 107 cm³/mol. The van der Waals surface area contributed by atoms with Crippen LogP contribution in [0.4, 0.5) is 0 Å². The van der Waals surface area contributed by atoms with Gasteiger partial charge in [-0.15, -0.1) is 0 Å². The van der Waals surface area contributed by atoms with E-state index in [9.17, 15) is 4.79 Å². The van der Waals surface area contributed by atoms with Gasteiger partial charge >= 0.3 is 0 Å². The SMILES string of the molecule is Cc1nc2c(-c3ccccc3)c(C)nn2c(C)c1CCC(=O)N1CCCC1. The molecule has 1 aliphatic heterocycles. The summed E-state index contributed by atoms with van der Waals surface area (Å²) in [4.78, 5) is 19.3. The van der Waals surface area contributed by atoms with Crippen LogP contribution in [0.25, 0.3) is 16.8 Å². The summed E-state index contributed by atoms with van der Waals surface area (Å²) in [5.74, 6) is 0.257. The highest BCUT2D eigenvalue weighted by Crippen LogP contribution is 2.29. The van der Waals surface area contributed by atoms with E-state index >= 15 is 0 Å². The summed E-state index contributed by atoms with van der Waals surface area (Å²) in [5.41, 5.74) is 7.29. The van der Waals surface area contributed by atoms with Crippen molar-refractivity contribution in [3.8, 4) is 11.1 Å². The first kappa shape index (κ1) is 17.7. The van der Waals surface area contributed by atoms with Crippen LogP contribution in [0, 0.1) is 20.8 Å². The first-order valence-electron chi connectivity index (χ1n) is 9.75. The molecule has 3 heterocycles. The molecule has 1 fully saturated rings. The van der Waals surface area contributed by atoms with E-state index in [-0.39, 0.29) is 5.91 Å². The fourth-order valence-corrected chi connectivity index (χ4v) is 4.13. The van der Waals surface area contributed by atoms with Gasteiger partial charge in [0, 0.05) is 36.5 Å². The van der Waals surface area contributed by atoms with Gasteiger partial charge in [0.15, 0.2) is 5.65 Å². The molecule has 1 amide bonds. The van der Waals surface area contributed by atoms with Crippen molar-refractivity contribution in [1.82, 2.24) is 19.5 Å². The Morgan fingerprint density at radius 2 is 1.74 bits per heavy atom. The minimum atomic E-state index is 0.257. The summed E-state index contributed by atoms with van der Waals surface area (Å²) in [7, 11) is 0. The minimum absolute atomic E-state index is 0.257. The summed E-state index contributed by atoms with van der Waals surface area (Å²) < 4.78 is 1.94. The Morgan fingerprint density at radius 3 is 2.44 bits per heavy atom. The number of likely N-dealkylation sites (tertiary alicyclic amines) is 1. The van der Waals surface area contributed by atoms with Crippen molar-refractivity contribution in [3.63, 3.8) is 0 Å². The van der Waals surface area contributed by atoms with E-state index in [0.717, 1.165) is 71.8 Å². The van der Waals surface area contributed by atoms with Crippen LogP contribution in [0.1, 0.15) is 41.9 Å². The number of aryl methyl sites for hydroxylation is 3. The van der Waals surface area contributed by atoms with Crippen molar-refractivity contribution in [2.45, 2.75) is 46.5 Å². The van der Waals surface area contributed by atoms with Crippen LogP contribution in [0.5, 0.6) is 0 Å². The molecule has 5 nitrogen and oxygen atoms in total. The van der Waals surface area contributed by atoms with Crippen molar-refractivity contribution in [2.75, 3.05) is 13.1 Å². The van der Waals surface area contributed by atoms with Crippen molar-refractivity contribution < 1.29 is 4.79 Å². The second kappa shape index (κ2) is 7.14. The van der Waals surface area contributed by atoms with E-state index in [2.05, 4.69) is 19.1 Å². The van der Waals surface area contributed by atoms with Gasteiger partial charge in [-0.2, -0.15) is 5.10 Å². The maximum atomic E-state index is 12.4. The predicted octanol–water partition coefficient (Wildman–Crippen LogP) is 3.88. The molecule has 0 atom stereocenters. The van der Waals surface area contributed by atoms with Crippen LogP contribution in [0.15, 0.2) is 30.3 Å². The number of carbonyl (C=O) groups is 1. The van der Waals surface area contributed by atoms with Crippen molar-refractivity contribution in [3.05, 3.63) is 53.0 Å². The highest BCUT2D eigenvalue weighted by atomic mass is 16.2. The largest absolute Gasteiger partial charge is 0.343 e. The number of hydrogen-bond donors (Lipinski definition) is 0. The molecule has 4 rings (SSSR count). The van der Waals surface area contributed by atoms with Crippen LogP contribution in [-0.2, 0) is 11.2 Å². The lowest BCUT2D eigenvalue weighted by atomic mass is 10.0. The Balaban J connectivity index is 1.68. The number of fused-ring (bicyclic) bond motifs is 1. The molecule has 27 heavy (non-hydrogen) atoms. The van der Waals surface area contributed by atoms with Gasteiger partial charge in [0.25, 0.3) is 0 Å². The van der Waals surface area contributed by atoms with Crippen LogP contribution in [0.3, 0.4) is 0 Å². The van der Waals surface area contributed by atoms with Crippen LogP contribution < -0.4 is 0 Å². The van der Waals surface area contributed by atoms with Crippen LogP contribution in [0.2, 0.25) is 0 Å². The van der Waals surface area contributed by atoms with Gasteiger partial charge in [-0.3, -0.25) is 4.79 Å². The number of carbonyl (C=O) groups excluding carboxylic acids is 1. The lowest BCUT2D eigenvalue weighted by Gasteiger charge is -2.16. The molecule has 0 N–H and O–H groups in total. The van der Waals surface area contributed by atoms with Gasteiger partial charge in [-0.1, -0.05) is 30.3 Å². The molecular formula is C22H26N4O. The Kier molecular flexibility index (Phi) is 4.68. The molecule has 1 aliphatic rings. The molecule has 0 bridgehead atoms. The quantitative estimate of drug-likeness (QED) is 0.708. The van der Waals surface area contributed by atoms with E-state index in [0.29, 0.717) is 6.42 Å². The number of amides is 1. The second-order valence-electron chi connectivity index (χ2n) is 7.41. The number of benzene rings is 1. The molecule has 0 radical (unpaired) electrons. The number of nitrogens with zero attached hydrogens (tertiary/aromatic N) is 4. The van der Waals surface area contributed by atoms with E-state index < -0.39 is 0 Å². The number of rotatable bonds is 4. The van der Waals surface area contributed by atoms with Crippen molar-refractivity contribution >= 4 is 11.6 Å². The molecule has 140 valence electrons. The molecule has 5 heteroatoms. The molecule has 0 aliphatic carbocycles. The molecular weight excluding hydrogens is 336 g/mol. The summed E-state index contributed by atoms with van der Waals surface area (Å²) >= 11 is 0. The van der Waals surface area contributed by atoms with Gasteiger partial charge in [0.05, 0.1) is 5.69 Å². The molecule has 1 saturated heterocycles. The third-order valence-electron chi connectivity index (χ3n) is 5.61. The van der Waals surface area contributed by atoms with Crippen LogP contribution in [-0.4, -0.2) is 38.5 Å². The second-order valence-corrected chi connectivity index (χ2v) is 7.41. The van der Waals surface area contributed by atoms with Gasteiger partial charge in [0.2, 0.25) is 5.91 Å². The molecule has 1 aromatic carbocycles. The molecule has 0 saturated carbocycles. The Bertz CT molecular complexity index is 985. The fraction of sp³-hybridized carbons (Fsp3) is 0.409. The maximum absolute atomic E-state index is 12.4. The average molecular weight is 362 g/mol. The zero-order valence-electron chi connectivity index (χ0n) is 16.3. The third-order valence-corrected chi connectivity index (χ3v) is 5.61. The van der Waals surface area contributed by atoms with Gasteiger partial charge in [-0.25, -0.2) is 9.50 Å². The van der Waals surface area contributed by atoms with Crippen LogP contribution >= 0.6 is 0 Å². The first-order chi connectivity index (χ1) is 13.1. The zero-order valence-corrected chi connectivity index (χ0v) is 16.3. The lowest BCUT2D eigenvalue weighted by Crippen LogP contribution is -2.28. The highest BCUT2D eigenvalue weighted by Gasteiger charge is 2.21. The minimum Gasteiger partial charge on any atom is -0.343 e. The summed E-state index contributed by atoms with van der Waals surface area (Å²) in [6, 6.07) is 10.3. The average Bonchev–Trinajstić information content (AvgIpc) is 3.30. The number of aromatic nitrogens is 3. The third kappa shape index (κ3) is 3.22. The summed E-state index contributed by atoms with van der Waals surface area (Å²) in [6.45, 7) is 7.97. The monoisotopic (exact) mass is 362 g/mol. The van der Waals surface area contributed by atoms with E-state index in [1.165, 1.54) is 0 Å². The highest BCUT2D eigenvalue weighted by molar-refractivity contribution is 5.80. The lowest BCUT2D eigenvalue weighted by molar-refractivity contribution is -0.130.